The summed E-state index contributed by atoms with van der Waals surface area (Å²) in [4.78, 5) is 0. The summed E-state index contributed by atoms with van der Waals surface area (Å²) in [6.45, 7) is 5.92. The third-order valence-electron chi connectivity index (χ3n) is 12.0. The number of hydrogen-bond acceptors (Lipinski definition) is 8. The highest BCUT2D eigenvalue weighted by Gasteiger charge is 2.17. The number of unbranched alkanes of at least 4 members (excludes halogenated alkanes) is 26. The van der Waals surface area contributed by atoms with Gasteiger partial charge in [-0.05, 0) is 61.4 Å². The second-order valence-electron chi connectivity index (χ2n) is 17.3. The van der Waals surface area contributed by atoms with Gasteiger partial charge in [0.05, 0.1) is 24.3 Å². The van der Waals surface area contributed by atoms with Gasteiger partial charge in [-0.15, -0.1) is 20.4 Å². The van der Waals surface area contributed by atoms with Crippen molar-refractivity contribution < 1.29 is 18.3 Å². The van der Waals surface area contributed by atoms with Crippen molar-refractivity contribution in [3.8, 4) is 57.3 Å². The molecule has 0 saturated carbocycles. The van der Waals surface area contributed by atoms with E-state index in [1.807, 2.05) is 72.8 Å². The van der Waals surface area contributed by atoms with Gasteiger partial charge in [0, 0.05) is 11.1 Å². The molecule has 8 nitrogen and oxygen atoms in total. The monoisotopic (exact) mass is 847 g/mol. The minimum atomic E-state index is 0.435. The van der Waals surface area contributed by atoms with Gasteiger partial charge >= 0.3 is 0 Å². The van der Waals surface area contributed by atoms with Gasteiger partial charge in [0.1, 0.15) is 11.5 Å². The zero-order valence-corrected chi connectivity index (χ0v) is 38.6. The molecule has 5 aromatic rings. The van der Waals surface area contributed by atoms with Gasteiger partial charge in [0.25, 0.3) is 11.8 Å². The van der Waals surface area contributed by atoms with Gasteiger partial charge in [-0.25, -0.2) is 0 Å². The summed E-state index contributed by atoms with van der Waals surface area (Å²) in [5, 5.41) is 17.5. The van der Waals surface area contributed by atoms with Crippen LogP contribution in [0.15, 0.2) is 81.6 Å². The first-order chi connectivity index (χ1) is 30.8. The minimum absolute atomic E-state index is 0.435. The highest BCUT2D eigenvalue weighted by atomic mass is 16.5. The second-order valence-corrected chi connectivity index (χ2v) is 17.3. The molecule has 5 rings (SSSR count). The van der Waals surface area contributed by atoms with Crippen molar-refractivity contribution in [1.29, 1.82) is 0 Å². The predicted molar refractivity (Wildman–Crippen MR) is 256 cm³/mol. The lowest BCUT2D eigenvalue weighted by atomic mass is 10.0. The molecule has 0 amide bonds. The topological polar surface area (TPSA) is 96.3 Å². The van der Waals surface area contributed by atoms with Crippen molar-refractivity contribution in [2.24, 2.45) is 0 Å². The van der Waals surface area contributed by atoms with Gasteiger partial charge in [0.15, 0.2) is 0 Å². The fourth-order valence-corrected chi connectivity index (χ4v) is 8.15. The lowest BCUT2D eigenvalue weighted by Gasteiger charge is -2.09. The van der Waals surface area contributed by atoms with Crippen LogP contribution in [0, 0.1) is 0 Å². The molecule has 3 aromatic carbocycles. The molecule has 0 saturated heterocycles. The Morgan fingerprint density at radius 1 is 0.323 bits per heavy atom. The molecule has 338 valence electrons. The summed E-state index contributed by atoms with van der Waals surface area (Å²) in [6, 6.07) is 23.5. The largest absolute Gasteiger partial charge is 0.493 e. The molecule has 8 heteroatoms. The standard InChI is InChI=1S/C54H78N4O4/c1-3-5-7-9-11-13-15-17-19-21-23-25-27-33-43-59-49-37-31-29-35-47(49)53-57-55-51(61-53)45-39-41-46(42-40-45)52-56-58-54(62-52)48-36-30-32-38-50(48)60-44-34-28-26-24-22-20-18-16-14-12-10-8-6-4-2/h29-32,35-42H,3-28,33-34,43-44H2,1-2H3. The predicted octanol–water partition coefficient (Wildman–Crippen LogP) is 16.8. The Morgan fingerprint density at radius 3 is 0.919 bits per heavy atom. The van der Waals surface area contributed by atoms with Crippen molar-refractivity contribution in [1.82, 2.24) is 20.4 Å². The van der Waals surface area contributed by atoms with E-state index in [1.54, 1.807) is 0 Å². The Balaban J connectivity index is 0.991. The Labute approximate surface area is 374 Å². The SMILES string of the molecule is CCCCCCCCCCCCCCCCOc1ccccc1-c1nnc(-c2ccc(-c3nnc(-c4ccccc4OCCCCCCCCCCCCCCCC)o3)cc2)o1. The van der Waals surface area contributed by atoms with E-state index in [1.165, 1.54) is 167 Å². The molecule has 0 aliphatic heterocycles. The minimum Gasteiger partial charge on any atom is -0.493 e. The molecule has 0 aliphatic carbocycles. The average Bonchev–Trinajstić information content (AvgIpc) is 4.01. The number of para-hydroxylation sites is 2. The zero-order valence-electron chi connectivity index (χ0n) is 38.6. The number of ether oxygens (including phenoxy) is 2. The molecule has 0 atom stereocenters. The van der Waals surface area contributed by atoms with Gasteiger partial charge < -0.3 is 18.3 Å². The summed E-state index contributed by atoms with van der Waals surface area (Å²) >= 11 is 0. The summed E-state index contributed by atoms with van der Waals surface area (Å²) in [5.74, 6) is 3.28. The Bertz CT molecular complexity index is 1730. The quantitative estimate of drug-likeness (QED) is 0.0368. The fourth-order valence-electron chi connectivity index (χ4n) is 8.15. The first-order valence-corrected chi connectivity index (χ1v) is 25.0. The maximum Gasteiger partial charge on any atom is 0.251 e. The molecule has 2 heterocycles. The summed E-state index contributed by atoms with van der Waals surface area (Å²) in [7, 11) is 0. The van der Waals surface area contributed by atoms with E-state index in [-0.39, 0.29) is 0 Å². The molecule has 0 aliphatic rings. The van der Waals surface area contributed by atoms with Crippen molar-refractivity contribution >= 4 is 0 Å². The van der Waals surface area contributed by atoms with Crippen LogP contribution in [0.4, 0.5) is 0 Å². The first kappa shape index (κ1) is 48.6. The Morgan fingerprint density at radius 2 is 0.597 bits per heavy atom. The zero-order chi connectivity index (χ0) is 43.1. The smallest absolute Gasteiger partial charge is 0.251 e. The maximum atomic E-state index is 6.22. The lowest BCUT2D eigenvalue weighted by molar-refractivity contribution is 0.304. The van der Waals surface area contributed by atoms with Gasteiger partial charge in [-0.2, -0.15) is 0 Å². The number of aromatic nitrogens is 4. The molecule has 62 heavy (non-hydrogen) atoms. The van der Waals surface area contributed by atoms with Crippen LogP contribution in [0.5, 0.6) is 11.5 Å². The van der Waals surface area contributed by atoms with Gasteiger partial charge in [-0.3, -0.25) is 0 Å². The van der Waals surface area contributed by atoms with Crippen LogP contribution < -0.4 is 9.47 Å². The van der Waals surface area contributed by atoms with E-state index in [4.69, 9.17) is 18.3 Å². The molecule has 0 spiro atoms. The second kappa shape index (κ2) is 30.6. The van der Waals surface area contributed by atoms with Crippen LogP contribution in [-0.2, 0) is 0 Å². The fraction of sp³-hybridized carbons (Fsp3) is 0.593. The lowest BCUT2D eigenvalue weighted by Crippen LogP contribution is -1.99. The number of benzene rings is 3. The molecule has 0 radical (unpaired) electrons. The summed E-state index contributed by atoms with van der Waals surface area (Å²) in [5.41, 5.74) is 3.21. The van der Waals surface area contributed by atoms with Crippen LogP contribution in [-0.4, -0.2) is 33.6 Å². The average molecular weight is 847 g/mol. The highest BCUT2D eigenvalue weighted by Crippen LogP contribution is 2.34. The molecule has 0 bridgehead atoms. The molecular formula is C54H78N4O4. The maximum absolute atomic E-state index is 6.22. The van der Waals surface area contributed by atoms with Crippen LogP contribution in [0.3, 0.4) is 0 Å². The van der Waals surface area contributed by atoms with E-state index < -0.39 is 0 Å². The number of rotatable bonds is 36. The van der Waals surface area contributed by atoms with E-state index in [0.717, 1.165) is 46.6 Å². The molecule has 0 N–H and O–H groups in total. The van der Waals surface area contributed by atoms with Gasteiger partial charge in [-0.1, -0.05) is 205 Å². The Hall–Kier alpha value is -4.46. The number of hydrogen-bond donors (Lipinski definition) is 0. The van der Waals surface area contributed by atoms with Crippen molar-refractivity contribution in [2.45, 2.75) is 194 Å². The van der Waals surface area contributed by atoms with Crippen molar-refractivity contribution in [2.75, 3.05) is 13.2 Å². The van der Waals surface area contributed by atoms with Crippen molar-refractivity contribution in [3.05, 3.63) is 72.8 Å². The van der Waals surface area contributed by atoms with E-state index >= 15 is 0 Å². The Kier molecular flexibility index (Phi) is 23.9. The molecule has 0 fully saturated rings. The third kappa shape index (κ3) is 18.1. The van der Waals surface area contributed by atoms with Crippen LogP contribution in [0.25, 0.3) is 45.8 Å². The van der Waals surface area contributed by atoms with E-state index in [2.05, 4.69) is 34.2 Å². The molecule has 0 unspecified atom stereocenters. The van der Waals surface area contributed by atoms with Crippen LogP contribution in [0.1, 0.15) is 194 Å². The van der Waals surface area contributed by atoms with Crippen molar-refractivity contribution in [3.63, 3.8) is 0 Å². The molecule has 2 aromatic heterocycles. The third-order valence-corrected chi connectivity index (χ3v) is 12.0. The summed E-state index contributed by atoms with van der Waals surface area (Å²) in [6.07, 6.45) is 37.5. The number of nitrogens with zero attached hydrogens (tertiary/aromatic N) is 4. The normalized spacial score (nSPS) is 11.4. The van der Waals surface area contributed by atoms with Crippen LogP contribution >= 0.6 is 0 Å². The van der Waals surface area contributed by atoms with E-state index in [0.29, 0.717) is 36.8 Å². The van der Waals surface area contributed by atoms with E-state index in [9.17, 15) is 0 Å². The van der Waals surface area contributed by atoms with Crippen LogP contribution in [0.2, 0.25) is 0 Å². The highest BCUT2D eigenvalue weighted by molar-refractivity contribution is 5.67. The summed E-state index contributed by atoms with van der Waals surface area (Å²) < 4.78 is 24.8. The first-order valence-electron chi connectivity index (χ1n) is 25.0. The molecular weight excluding hydrogens is 769 g/mol. The van der Waals surface area contributed by atoms with Gasteiger partial charge in [0.2, 0.25) is 11.8 Å².